The van der Waals surface area contributed by atoms with Gasteiger partial charge in [0.25, 0.3) is 0 Å². The summed E-state index contributed by atoms with van der Waals surface area (Å²) in [7, 11) is -3.52. The summed E-state index contributed by atoms with van der Waals surface area (Å²) in [4.78, 5) is 11.2. The number of fused-ring (bicyclic) bond motifs is 1. The number of anilines is 1. The highest BCUT2D eigenvalue weighted by atomic mass is 32.2. The summed E-state index contributed by atoms with van der Waals surface area (Å²) in [5, 5.41) is 6.52. The van der Waals surface area contributed by atoms with Crippen LogP contribution in [0, 0.1) is 0 Å². The monoisotopic (exact) mass is 308 g/mol. The lowest BCUT2D eigenvalue weighted by Gasteiger charge is -2.08. The molecule has 0 aromatic carbocycles. The minimum Gasteiger partial charge on any atom is -0.351 e. The molecule has 0 atom stereocenters. The molecule has 2 aromatic rings. The van der Waals surface area contributed by atoms with Crippen molar-refractivity contribution in [1.29, 1.82) is 0 Å². The summed E-state index contributed by atoms with van der Waals surface area (Å²) in [5.41, 5.74) is 1.25. The molecule has 0 bridgehead atoms. The Balaban J connectivity index is 1.95. The van der Waals surface area contributed by atoms with Gasteiger partial charge in [0.15, 0.2) is 0 Å². The number of allylic oxidation sites excluding steroid dienone is 1. The lowest BCUT2D eigenvalue weighted by Crippen LogP contribution is -2.30. The van der Waals surface area contributed by atoms with Crippen molar-refractivity contribution in [2.75, 3.05) is 17.0 Å². The molecule has 8 heteroatoms. The minimum atomic E-state index is -3.52. The Morgan fingerprint density at radius 2 is 2.24 bits per heavy atom. The average molecular weight is 308 g/mol. The van der Waals surface area contributed by atoms with Crippen LogP contribution in [0.3, 0.4) is 0 Å². The van der Waals surface area contributed by atoms with Crippen LogP contribution in [-0.4, -0.2) is 36.2 Å². The van der Waals surface area contributed by atoms with Gasteiger partial charge < -0.3 is 5.32 Å². The topological polar surface area (TPSA) is 92.6 Å². The smallest absolute Gasteiger partial charge is 0.243 e. The number of sulfonamides is 1. The number of nitrogens with one attached hydrogen (secondary N) is 2. The summed E-state index contributed by atoms with van der Waals surface area (Å²) < 4.78 is 27.9. The highest BCUT2D eigenvalue weighted by Crippen LogP contribution is 2.12. The van der Waals surface area contributed by atoms with Crippen LogP contribution >= 0.6 is 0 Å². The molecule has 0 aliphatic rings. The molecule has 2 aromatic heterocycles. The third-order valence-corrected chi connectivity index (χ3v) is 3.95. The van der Waals surface area contributed by atoms with Gasteiger partial charge in [-0.25, -0.2) is 12.9 Å². The molecule has 2 heterocycles. The molecule has 0 aliphatic heterocycles. The summed E-state index contributed by atoms with van der Waals surface area (Å²) >= 11 is 0. The second-order valence-corrected chi connectivity index (χ2v) is 6.17. The number of carbonyl (C=O) groups excluding carboxylic acids is 1. The first-order valence-electron chi connectivity index (χ1n) is 6.34. The van der Waals surface area contributed by atoms with Crippen LogP contribution in [0.1, 0.15) is 6.92 Å². The zero-order valence-electron chi connectivity index (χ0n) is 11.5. The zero-order valence-corrected chi connectivity index (χ0v) is 12.3. The summed E-state index contributed by atoms with van der Waals surface area (Å²) in [5.74, 6) is -0.505. The third kappa shape index (κ3) is 4.32. The molecule has 7 nitrogen and oxygen atoms in total. The number of aromatic nitrogens is 2. The van der Waals surface area contributed by atoms with Gasteiger partial charge in [0, 0.05) is 18.9 Å². The second kappa shape index (κ2) is 6.40. The molecule has 112 valence electrons. The number of hydrogen-bond donors (Lipinski definition) is 2. The number of pyridine rings is 1. The number of nitrogens with zero attached hydrogens (tertiary/aromatic N) is 2. The van der Waals surface area contributed by atoms with Crippen LogP contribution in [0.2, 0.25) is 0 Å². The largest absolute Gasteiger partial charge is 0.351 e. The fraction of sp³-hybridized carbons (Fsp3) is 0.231. The van der Waals surface area contributed by atoms with Crippen molar-refractivity contribution in [3.05, 3.63) is 42.7 Å². The predicted octanol–water partition coefficient (Wildman–Crippen LogP) is 0.768. The van der Waals surface area contributed by atoms with Crippen molar-refractivity contribution in [1.82, 2.24) is 14.9 Å². The lowest BCUT2D eigenvalue weighted by atomic mass is 10.4. The van der Waals surface area contributed by atoms with Crippen LogP contribution < -0.4 is 10.0 Å². The lowest BCUT2D eigenvalue weighted by molar-refractivity contribution is -0.116. The standard InChI is InChI=1S/C13H16N4O3S/c1-2-3-13(18)14-7-9-21(19,20)16-11-5-8-17-12(10-11)4-6-15-17/h2-6,8,10,16H,7,9H2,1H3,(H,14,18)/b3-2+. The van der Waals surface area contributed by atoms with E-state index in [1.165, 1.54) is 6.08 Å². The molecule has 2 rings (SSSR count). The van der Waals surface area contributed by atoms with Crippen molar-refractivity contribution in [3.8, 4) is 0 Å². The van der Waals surface area contributed by atoms with Gasteiger partial charge in [-0.05, 0) is 31.2 Å². The molecule has 0 spiro atoms. The maximum Gasteiger partial charge on any atom is 0.243 e. The van der Waals surface area contributed by atoms with Crippen molar-refractivity contribution in [3.63, 3.8) is 0 Å². The van der Waals surface area contributed by atoms with E-state index in [1.54, 1.807) is 48.1 Å². The van der Waals surface area contributed by atoms with Crippen LogP contribution in [0.15, 0.2) is 42.7 Å². The number of amides is 1. The Bertz CT molecular complexity index is 765. The molecule has 21 heavy (non-hydrogen) atoms. The fourth-order valence-corrected chi connectivity index (χ4v) is 2.69. The number of carbonyl (C=O) groups is 1. The van der Waals surface area contributed by atoms with E-state index in [0.29, 0.717) is 5.69 Å². The predicted molar refractivity (Wildman–Crippen MR) is 80.4 cm³/mol. The van der Waals surface area contributed by atoms with E-state index in [0.717, 1.165) is 5.52 Å². The first-order chi connectivity index (χ1) is 10.00. The van der Waals surface area contributed by atoms with Gasteiger partial charge in [-0.2, -0.15) is 5.10 Å². The highest BCUT2D eigenvalue weighted by Gasteiger charge is 2.11. The van der Waals surface area contributed by atoms with Crippen molar-refractivity contribution >= 4 is 27.1 Å². The van der Waals surface area contributed by atoms with Crippen LogP contribution in [0.4, 0.5) is 5.69 Å². The molecular formula is C13H16N4O3S. The molecule has 0 fully saturated rings. The van der Waals surface area contributed by atoms with Gasteiger partial charge in [-0.15, -0.1) is 0 Å². The molecule has 0 radical (unpaired) electrons. The van der Waals surface area contributed by atoms with Crippen LogP contribution in [0.5, 0.6) is 0 Å². The normalized spacial score (nSPS) is 11.9. The first-order valence-corrected chi connectivity index (χ1v) is 8.00. The molecule has 2 N–H and O–H groups in total. The Hall–Kier alpha value is -2.35. The number of rotatable bonds is 6. The summed E-state index contributed by atoms with van der Waals surface area (Å²) in [6.45, 7) is 1.76. The maximum absolute atomic E-state index is 11.9. The Kier molecular flexibility index (Phi) is 4.59. The quantitative estimate of drug-likeness (QED) is 0.771. The maximum atomic E-state index is 11.9. The average Bonchev–Trinajstić information content (AvgIpc) is 2.85. The first kappa shape index (κ1) is 15.0. The summed E-state index contributed by atoms with van der Waals surface area (Å²) in [6, 6.07) is 5.08. The molecule has 0 aliphatic carbocycles. The molecule has 0 saturated carbocycles. The van der Waals surface area contributed by atoms with E-state index in [1.807, 2.05) is 0 Å². The molecule has 0 saturated heterocycles. The van der Waals surface area contributed by atoms with E-state index in [2.05, 4.69) is 15.1 Å². The van der Waals surface area contributed by atoms with Gasteiger partial charge in [0.1, 0.15) is 0 Å². The highest BCUT2D eigenvalue weighted by molar-refractivity contribution is 7.92. The Morgan fingerprint density at radius 1 is 1.43 bits per heavy atom. The van der Waals surface area contributed by atoms with Crippen molar-refractivity contribution < 1.29 is 13.2 Å². The SMILES string of the molecule is C/C=C/C(=O)NCCS(=O)(=O)Nc1ccn2nccc2c1. The number of hydrogen-bond acceptors (Lipinski definition) is 4. The van der Waals surface area contributed by atoms with Crippen LogP contribution in [-0.2, 0) is 14.8 Å². The third-order valence-electron chi connectivity index (χ3n) is 2.66. The minimum absolute atomic E-state index is 0.0490. The zero-order chi connectivity index (χ0) is 15.3. The van der Waals surface area contributed by atoms with Gasteiger partial charge in [0.2, 0.25) is 15.9 Å². The van der Waals surface area contributed by atoms with E-state index in [-0.39, 0.29) is 18.2 Å². The van der Waals surface area contributed by atoms with Crippen molar-refractivity contribution in [2.24, 2.45) is 0 Å². The van der Waals surface area contributed by atoms with Gasteiger partial charge in [-0.3, -0.25) is 9.52 Å². The van der Waals surface area contributed by atoms with E-state index >= 15 is 0 Å². The van der Waals surface area contributed by atoms with Gasteiger partial charge >= 0.3 is 0 Å². The van der Waals surface area contributed by atoms with E-state index in [9.17, 15) is 13.2 Å². The second-order valence-electron chi connectivity index (χ2n) is 4.33. The van der Waals surface area contributed by atoms with Gasteiger partial charge in [-0.1, -0.05) is 6.08 Å². The summed E-state index contributed by atoms with van der Waals surface area (Å²) in [6.07, 6.45) is 6.22. The molecular weight excluding hydrogens is 292 g/mol. The van der Waals surface area contributed by atoms with E-state index < -0.39 is 10.0 Å². The fourth-order valence-electron chi connectivity index (χ4n) is 1.73. The van der Waals surface area contributed by atoms with Crippen LogP contribution in [0.25, 0.3) is 5.52 Å². The Morgan fingerprint density at radius 3 is 3.00 bits per heavy atom. The van der Waals surface area contributed by atoms with Crippen molar-refractivity contribution in [2.45, 2.75) is 6.92 Å². The Labute approximate surface area is 122 Å². The van der Waals surface area contributed by atoms with E-state index in [4.69, 9.17) is 0 Å². The van der Waals surface area contributed by atoms with Gasteiger partial charge in [0.05, 0.1) is 17.0 Å². The molecule has 1 amide bonds. The molecule has 0 unspecified atom stereocenters.